The number of aromatic hydroxyl groups is 1. The molecule has 2 aromatic rings. The van der Waals surface area contributed by atoms with Crippen LogP contribution in [0.1, 0.15) is 16.8 Å². The molecule has 0 radical (unpaired) electrons. The van der Waals surface area contributed by atoms with Gasteiger partial charge in [-0.05, 0) is 29.3 Å². The highest BCUT2D eigenvalue weighted by atomic mass is 16.3. The smallest absolute Gasteiger partial charge is 0.257 e. The van der Waals surface area contributed by atoms with Crippen molar-refractivity contribution in [2.75, 3.05) is 13.1 Å². The van der Waals surface area contributed by atoms with Crippen LogP contribution < -0.4 is 0 Å². The Bertz CT molecular complexity index is 661. The molecule has 19 heavy (non-hydrogen) atoms. The second-order valence-electron chi connectivity index (χ2n) is 4.73. The fourth-order valence-corrected chi connectivity index (χ4v) is 2.40. The lowest BCUT2D eigenvalue weighted by Gasteiger charge is -2.23. The maximum absolute atomic E-state index is 12.4. The highest BCUT2D eigenvalue weighted by molar-refractivity contribution is 6.01. The van der Waals surface area contributed by atoms with Gasteiger partial charge in [-0.2, -0.15) is 0 Å². The summed E-state index contributed by atoms with van der Waals surface area (Å²) >= 11 is 0. The fraction of sp³-hybridized carbons (Fsp3) is 0.188. The number of benzene rings is 2. The first-order valence-electron chi connectivity index (χ1n) is 6.42. The average Bonchev–Trinajstić information content (AvgIpc) is 2.47. The number of carbonyl (C=O) groups excluding carboxylic acids is 1. The van der Waals surface area contributed by atoms with Crippen molar-refractivity contribution in [2.45, 2.75) is 6.42 Å². The van der Waals surface area contributed by atoms with E-state index >= 15 is 0 Å². The predicted octanol–water partition coefficient (Wildman–Crippen LogP) is 2.95. The molecule has 1 heterocycles. The predicted molar refractivity (Wildman–Crippen MR) is 75.3 cm³/mol. The molecule has 0 unspecified atom stereocenters. The van der Waals surface area contributed by atoms with Crippen molar-refractivity contribution in [2.24, 2.45) is 0 Å². The zero-order valence-corrected chi connectivity index (χ0v) is 10.5. The van der Waals surface area contributed by atoms with E-state index in [4.69, 9.17) is 0 Å². The Hall–Kier alpha value is -2.29. The molecular formula is C16H15NO2. The van der Waals surface area contributed by atoms with Crippen molar-refractivity contribution in [3.05, 3.63) is 54.1 Å². The molecule has 0 fully saturated rings. The first-order valence-corrected chi connectivity index (χ1v) is 6.42. The lowest BCUT2D eigenvalue weighted by atomic mass is 10.0. The van der Waals surface area contributed by atoms with Crippen LogP contribution in [0.15, 0.2) is 48.6 Å². The van der Waals surface area contributed by atoms with E-state index in [0.29, 0.717) is 18.7 Å². The molecule has 0 aromatic heterocycles. The van der Waals surface area contributed by atoms with E-state index in [9.17, 15) is 9.90 Å². The van der Waals surface area contributed by atoms with Crippen molar-refractivity contribution in [1.82, 2.24) is 4.90 Å². The largest absolute Gasteiger partial charge is 0.507 e. The summed E-state index contributed by atoms with van der Waals surface area (Å²) in [5, 5.41) is 12.0. The molecule has 0 bridgehead atoms. The summed E-state index contributed by atoms with van der Waals surface area (Å²) in [6, 6.07) is 11.1. The number of hydrogen-bond acceptors (Lipinski definition) is 2. The third-order valence-electron chi connectivity index (χ3n) is 3.44. The number of hydrogen-bond donors (Lipinski definition) is 1. The molecule has 2 aromatic carbocycles. The molecule has 3 nitrogen and oxygen atoms in total. The highest BCUT2D eigenvalue weighted by Gasteiger charge is 2.19. The number of amides is 1. The van der Waals surface area contributed by atoms with Gasteiger partial charge in [-0.15, -0.1) is 0 Å². The number of nitrogens with zero attached hydrogens (tertiary/aromatic N) is 1. The maximum Gasteiger partial charge on any atom is 0.257 e. The van der Waals surface area contributed by atoms with Crippen LogP contribution in [0.5, 0.6) is 5.75 Å². The van der Waals surface area contributed by atoms with Crippen LogP contribution in [0.25, 0.3) is 10.8 Å². The molecule has 1 aliphatic heterocycles. The van der Waals surface area contributed by atoms with E-state index in [1.165, 1.54) is 0 Å². The third-order valence-corrected chi connectivity index (χ3v) is 3.44. The third kappa shape index (κ3) is 2.19. The minimum absolute atomic E-state index is 0.0539. The van der Waals surface area contributed by atoms with Crippen LogP contribution in [-0.4, -0.2) is 29.0 Å². The van der Waals surface area contributed by atoms with E-state index in [0.717, 1.165) is 17.2 Å². The molecule has 0 aliphatic carbocycles. The minimum atomic E-state index is -0.104. The molecule has 0 saturated carbocycles. The molecule has 1 amide bonds. The van der Waals surface area contributed by atoms with Gasteiger partial charge in [0.15, 0.2) is 0 Å². The quantitative estimate of drug-likeness (QED) is 0.794. The summed E-state index contributed by atoms with van der Waals surface area (Å²) in [4.78, 5) is 14.2. The van der Waals surface area contributed by atoms with E-state index in [1.807, 2.05) is 30.3 Å². The van der Waals surface area contributed by atoms with Gasteiger partial charge < -0.3 is 10.0 Å². The summed E-state index contributed by atoms with van der Waals surface area (Å²) in [7, 11) is 0. The lowest BCUT2D eigenvalue weighted by molar-refractivity contribution is 0.0768. The number of phenols is 1. The molecule has 3 heteroatoms. The SMILES string of the molecule is O=C(c1cc2ccccc2cc1O)N1CC=CCC1. The zero-order valence-electron chi connectivity index (χ0n) is 10.5. The number of rotatable bonds is 1. The van der Waals surface area contributed by atoms with Crippen LogP contribution >= 0.6 is 0 Å². The Morgan fingerprint density at radius 1 is 1.11 bits per heavy atom. The van der Waals surface area contributed by atoms with Gasteiger partial charge in [-0.1, -0.05) is 36.4 Å². The Labute approximate surface area is 111 Å². The standard InChI is InChI=1S/C16H15NO2/c18-15-11-13-7-3-2-6-12(13)10-14(15)16(19)17-8-4-1-5-9-17/h1-4,6-7,10-11,18H,5,8-9H2. The molecule has 0 atom stereocenters. The molecule has 1 aliphatic rings. The van der Waals surface area contributed by atoms with Crippen LogP contribution in [-0.2, 0) is 0 Å². The lowest BCUT2D eigenvalue weighted by Crippen LogP contribution is -2.33. The van der Waals surface area contributed by atoms with Crippen molar-refractivity contribution in [1.29, 1.82) is 0 Å². The van der Waals surface area contributed by atoms with Gasteiger partial charge in [0.2, 0.25) is 0 Å². The summed E-state index contributed by atoms with van der Waals surface area (Å²) in [5.41, 5.74) is 0.383. The molecule has 0 saturated heterocycles. The average molecular weight is 253 g/mol. The minimum Gasteiger partial charge on any atom is -0.507 e. The van der Waals surface area contributed by atoms with E-state index in [-0.39, 0.29) is 11.7 Å². The molecular weight excluding hydrogens is 238 g/mol. The normalized spacial score (nSPS) is 14.8. The van der Waals surface area contributed by atoms with Gasteiger partial charge in [0.25, 0.3) is 5.91 Å². The first-order chi connectivity index (χ1) is 9.25. The first kappa shape index (κ1) is 11.8. The van der Waals surface area contributed by atoms with Gasteiger partial charge in [-0.25, -0.2) is 0 Å². The molecule has 96 valence electrons. The second-order valence-corrected chi connectivity index (χ2v) is 4.73. The second kappa shape index (κ2) is 4.76. The number of carbonyl (C=O) groups is 1. The van der Waals surface area contributed by atoms with Crippen LogP contribution in [0, 0.1) is 0 Å². The van der Waals surface area contributed by atoms with E-state index in [1.54, 1.807) is 17.0 Å². The molecule has 0 spiro atoms. The number of fused-ring (bicyclic) bond motifs is 1. The molecule has 1 N–H and O–H groups in total. The summed E-state index contributed by atoms with van der Waals surface area (Å²) in [5.74, 6) is -0.0501. The number of phenolic OH excluding ortho intramolecular Hbond substituents is 1. The van der Waals surface area contributed by atoms with Crippen LogP contribution in [0.4, 0.5) is 0 Å². The Morgan fingerprint density at radius 3 is 2.53 bits per heavy atom. The Morgan fingerprint density at radius 2 is 1.84 bits per heavy atom. The fourth-order valence-electron chi connectivity index (χ4n) is 2.40. The van der Waals surface area contributed by atoms with Gasteiger partial charge in [0, 0.05) is 13.1 Å². The topological polar surface area (TPSA) is 40.5 Å². The summed E-state index contributed by atoms with van der Waals surface area (Å²) in [6.07, 6.45) is 4.93. The van der Waals surface area contributed by atoms with E-state index in [2.05, 4.69) is 6.08 Å². The van der Waals surface area contributed by atoms with Crippen molar-refractivity contribution < 1.29 is 9.90 Å². The van der Waals surface area contributed by atoms with Gasteiger partial charge in [0.05, 0.1) is 5.56 Å². The van der Waals surface area contributed by atoms with Gasteiger partial charge in [-0.3, -0.25) is 4.79 Å². The molecule has 3 rings (SSSR count). The van der Waals surface area contributed by atoms with Gasteiger partial charge in [0.1, 0.15) is 5.75 Å². The highest BCUT2D eigenvalue weighted by Crippen LogP contribution is 2.26. The Kier molecular flexibility index (Phi) is 2.95. The van der Waals surface area contributed by atoms with Gasteiger partial charge >= 0.3 is 0 Å². The van der Waals surface area contributed by atoms with Crippen molar-refractivity contribution in [3.63, 3.8) is 0 Å². The van der Waals surface area contributed by atoms with Crippen molar-refractivity contribution >= 4 is 16.7 Å². The van der Waals surface area contributed by atoms with Crippen LogP contribution in [0.3, 0.4) is 0 Å². The zero-order chi connectivity index (χ0) is 13.2. The monoisotopic (exact) mass is 253 g/mol. The Balaban J connectivity index is 2.01. The van der Waals surface area contributed by atoms with Crippen LogP contribution in [0.2, 0.25) is 0 Å². The van der Waals surface area contributed by atoms with Crippen molar-refractivity contribution in [3.8, 4) is 5.75 Å². The maximum atomic E-state index is 12.4. The summed E-state index contributed by atoms with van der Waals surface area (Å²) in [6.45, 7) is 1.33. The van der Waals surface area contributed by atoms with E-state index < -0.39 is 0 Å². The summed E-state index contributed by atoms with van der Waals surface area (Å²) < 4.78 is 0.